The average molecular weight is 437 g/mol. The fourth-order valence-corrected chi connectivity index (χ4v) is 4.07. The van der Waals surface area contributed by atoms with Gasteiger partial charge in [0.15, 0.2) is 16.7 Å². The van der Waals surface area contributed by atoms with E-state index in [1.54, 1.807) is 12.3 Å². The molecule has 3 heterocycles. The van der Waals surface area contributed by atoms with Crippen molar-refractivity contribution in [2.24, 2.45) is 7.05 Å². The van der Waals surface area contributed by atoms with Crippen molar-refractivity contribution in [3.8, 4) is 11.6 Å². The smallest absolute Gasteiger partial charge is 0.230 e. The Morgan fingerprint density at radius 1 is 1.13 bits per heavy atom. The topological polar surface area (TPSA) is 90.8 Å². The molecule has 0 aliphatic rings. The molecular formula is C22H24N6O2S. The lowest BCUT2D eigenvalue weighted by molar-refractivity contribution is -0.118. The van der Waals surface area contributed by atoms with Crippen molar-refractivity contribution < 1.29 is 9.21 Å². The first-order valence-electron chi connectivity index (χ1n) is 9.92. The summed E-state index contributed by atoms with van der Waals surface area (Å²) in [5.74, 6) is 1.46. The third-order valence-corrected chi connectivity index (χ3v) is 6.10. The molecule has 31 heavy (non-hydrogen) atoms. The molecule has 160 valence electrons. The molecule has 1 amide bonds. The van der Waals surface area contributed by atoms with Gasteiger partial charge in [0.2, 0.25) is 5.91 Å². The number of nitrogens with one attached hydrogen (secondary N) is 1. The molecule has 9 heteroatoms. The fraction of sp³-hybridized carbons (Fsp3) is 0.273. The zero-order chi connectivity index (χ0) is 21.8. The number of hydrogen-bond donors (Lipinski definition) is 1. The molecule has 8 nitrogen and oxygen atoms in total. The maximum absolute atomic E-state index is 12.4. The summed E-state index contributed by atoms with van der Waals surface area (Å²) in [5, 5.41) is 16.6. The number of nitrogens with zero attached hydrogens (tertiary/aromatic N) is 5. The number of carbonyl (C=O) groups is 1. The van der Waals surface area contributed by atoms with Gasteiger partial charge in [-0.25, -0.2) is 0 Å². The Bertz CT molecular complexity index is 1160. The van der Waals surface area contributed by atoms with Crippen LogP contribution in [0.15, 0.2) is 58.3 Å². The molecule has 0 aliphatic heterocycles. The van der Waals surface area contributed by atoms with Crippen LogP contribution in [0.1, 0.15) is 22.5 Å². The van der Waals surface area contributed by atoms with Gasteiger partial charge in [-0.3, -0.25) is 9.48 Å². The maximum Gasteiger partial charge on any atom is 0.230 e. The van der Waals surface area contributed by atoms with Crippen LogP contribution in [-0.4, -0.2) is 36.2 Å². The first-order chi connectivity index (χ1) is 15.0. The van der Waals surface area contributed by atoms with E-state index in [0.717, 1.165) is 17.0 Å². The second-order valence-electron chi connectivity index (χ2n) is 7.20. The fourth-order valence-electron chi connectivity index (χ4n) is 3.33. The summed E-state index contributed by atoms with van der Waals surface area (Å²) < 4.78 is 9.17. The van der Waals surface area contributed by atoms with E-state index in [-0.39, 0.29) is 11.7 Å². The number of aryl methyl sites for hydroxylation is 1. The lowest BCUT2D eigenvalue weighted by Crippen LogP contribution is -2.25. The minimum atomic E-state index is -0.0674. The van der Waals surface area contributed by atoms with Gasteiger partial charge in [0.1, 0.15) is 0 Å². The quantitative estimate of drug-likeness (QED) is 0.426. The van der Waals surface area contributed by atoms with Crippen LogP contribution < -0.4 is 5.32 Å². The Morgan fingerprint density at radius 2 is 1.94 bits per heavy atom. The van der Waals surface area contributed by atoms with Gasteiger partial charge in [-0.15, -0.1) is 10.2 Å². The lowest BCUT2D eigenvalue weighted by Gasteiger charge is -2.07. The van der Waals surface area contributed by atoms with E-state index in [4.69, 9.17) is 4.42 Å². The third kappa shape index (κ3) is 4.72. The van der Waals surface area contributed by atoms with E-state index in [2.05, 4.69) is 32.7 Å². The number of carbonyl (C=O) groups excluding carboxylic acids is 1. The summed E-state index contributed by atoms with van der Waals surface area (Å²) >= 11 is 1.34. The number of aromatic nitrogens is 5. The second-order valence-corrected chi connectivity index (χ2v) is 8.14. The van der Waals surface area contributed by atoms with Crippen LogP contribution in [-0.2, 0) is 24.9 Å². The van der Waals surface area contributed by atoms with E-state index in [1.165, 1.54) is 17.3 Å². The van der Waals surface area contributed by atoms with Crippen molar-refractivity contribution in [2.45, 2.75) is 32.1 Å². The Hall–Kier alpha value is -3.33. The molecule has 0 bridgehead atoms. The molecule has 4 rings (SSSR count). The van der Waals surface area contributed by atoms with Gasteiger partial charge in [0.25, 0.3) is 0 Å². The van der Waals surface area contributed by atoms with E-state index in [9.17, 15) is 4.79 Å². The molecule has 1 N–H and O–H groups in total. The summed E-state index contributed by atoms with van der Waals surface area (Å²) in [5.41, 5.74) is 4.23. The molecule has 0 unspecified atom stereocenters. The van der Waals surface area contributed by atoms with Crippen LogP contribution in [0.2, 0.25) is 0 Å². The van der Waals surface area contributed by atoms with E-state index < -0.39 is 0 Å². The number of thioether (sulfide) groups is 1. The Morgan fingerprint density at radius 3 is 2.68 bits per heavy atom. The van der Waals surface area contributed by atoms with Crippen LogP contribution in [0.4, 0.5) is 0 Å². The van der Waals surface area contributed by atoms with Crippen LogP contribution in [0, 0.1) is 13.8 Å². The standard InChI is InChI=1S/C22H24N6O2S/c1-15-18(16(2)28(26-15)13-17-8-5-4-6-9-17)12-23-20(29)14-31-22-25-24-21(27(22)3)19-10-7-11-30-19/h4-11H,12-14H2,1-3H3,(H,23,29). The second kappa shape index (κ2) is 9.22. The normalized spacial score (nSPS) is 11.1. The molecule has 0 saturated heterocycles. The summed E-state index contributed by atoms with van der Waals surface area (Å²) in [6.45, 7) is 5.17. The predicted octanol–water partition coefficient (Wildman–Crippen LogP) is 3.35. The largest absolute Gasteiger partial charge is 0.461 e. The predicted molar refractivity (Wildman–Crippen MR) is 119 cm³/mol. The highest BCUT2D eigenvalue weighted by Crippen LogP contribution is 2.22. The highest BCUT2D eigenvalue weighted by Gasteiger charge is 2.16. The van der Waals surface area contributed by atoms with Gasteiger partial charge >= 0.3 is 0 Å². The minimum absolute atomic E-state index is 0.0674. The van der Waals surface area contributed by atoms with Crippen LogP contribution >= 0.6 is 11.8 Å². The number of hydrogen-bond acceptors (Lipinski definition) is 6. The maximum atomic E-state index is 12.4. The Labute approximate surface area is 184 Å². The number of amides is 1. The van der Waals surface area contributed by atoms with Crippen LogP contribution in [0.3, 0.4) is 0 Å². The van der Waals surface area contributed by atoms with Crippen molar-refractivity contribution in [2.75, 3.05) is 5.75 Å². The van der Waals surface area contributed by atoms with Crippen molar-refractivity contribution in [1.82, 2.24) is 29.9 Å². The molecule has 4 aromatic rings. The molecule has 0 saturated carbocycles. The molecule has 0 fully saturated rings. The summed E-state index contributed by atoms with van der Waals surface area (Å²) in [7, 11) is 1.85. The molecule has 0 spiro atoms. The highest BCUT2D eigenvalue weighted by atomic mass is 32.2. The summed E-state index contributed by atoms with van der Waals surface area (Å²) in [6.07, 6.45) is 1.59. The molecule has 0 atom stereocenters. The number of furan rings is 1. The summed E-state index contributed by atoms with van der Waals surface area (Å²) in [6, 6.07) is 13.8. The zero-order valence-corrected chi connectivity index (χ0v) is 18.5. The van der Waals surface area contributed by atoms with Crippen molar-refractivity contribution >= 4 is 17.7 Å². The zero-order valence-electron chi connectivity index (χ0n) is 17.7. The Kier molecular flexibility index (Phi) is 6.22. The van der Waals surface area contributed by atoms with Gasteiger partial charge in [0, 0.05) is 24.8 Å². The Balaban J connectivity index is 1.33. The molecule has 0 aliphatic carbocycles. The summed E-state index contributed by atoms with van der Waals surface area (Å²) in [4.78, 5) is 12.4. The van der Waals surface area contributed by atoms with Gasteiger partial charge in [0.05, 0.1) is 24.3 Å². The average Bonchev–Trinajstić information content (AvgIpc) is 3.47. The van der Waals surface area contributed by atoms with Gasteiger partial charge < -0.3 is 14.3 Å². The first-order valence-corrected chi connectivity index (χ1v) is 10.9. The van der Waals surface area contributed by atoms with Crippen LogP contribution in [0.25, 0.3) is 11.6 Å². The van der Waals surface area contributed by atoms with Crippen LogP contribution in [0.5, 0.6) is 0 Å². The SMILES string of the molecule is Cc1nn(Cc2ccccc2)c(C)c1CNC(=O)CSc1nnc(-c2ccco2)n1C. The molecular weight excluding hydrogens is 412 g/mol. The third-order valence-electron chi connectivity index (χ3n) is 5.08. The monoisotopic (exact) mass is 436 g/mol. The van der Waals surface area contributed by atoms with Gasteiger partial charge in [-0.05, 0) is 31.5 Å². The van der Waals surface area contributed by atoms with Gasteiger partial charge in [-0.1, -0.05) is 42.1 Å². The molecule has 0 radical (unpaired) electrons. The van der Waals surface area contributed by atoms with E-state index in [0.29, 0.717) is 29.8 Å². The van der Waals surface area contributed by atoms with E-state index in [1.807, 2.05) is 54.4 Å². The van der Waals surface area contributed by atoms with Crippen molar-refractivity contribution in [1.29, 1.82) is 0 Å². The highest BCUT2D eigenvalue weighted by molar-refractivity contribution is 7.99. The van der Waals surface area contributed by atoms with Crippen molar-refractivity contribution in [3.05, 3.63) is 71.2 Å². The number of benzene rings is 1. The van der Waals surface area contributed by atoms with E-state index >= 15 is 0 Å². The molecule has 1 aromatic carbocycles. The van der Waals surface area contributed by atoms with Crippen molar-refractivity contribution in [3.63, 3.8) is 0 Å². The minimum Gasteiger partial charge on any atom is -0.461 e. The lowest BCUT2D eigenvalue weighted by atomic mass is 10.2. The van der Waals surface area contributed by atoms with Gasteiger partial charge in [-0.2, -0.15) is 5.10 Å². The molecule has 3 aromatic heterocycles. The number of rotatable bonds is 8. The first kappa shape index (κ1) is 20.9.